The zero-order valence-corrected chi connectivity index (χ0v) is 27.3. The fourth-order valence-electron chi connectivity index (χ4n) is 5.82. The minimum absolute atomic E-state index is 0.0458. The number of aliphatic hydroxyl groups is 1. The Kier molecular flexibility index (Phi) is 10.8. The average molecular weight is 626 g/mol. The van der Waals surface area contributed by atoms with Crippen LogP contribution in [0.4, 0.5) is 0 Å². The highest BCUT2D eigenvalue weighted by molar-refractivity contribution is 7.09. The van der Waals surface area contributed by atoms with Gasteiger partial charge in [0.25, 0.3) is 11.8 Å². The van der Waals surface area contributed by atoms with E-state index in [-0.39, 0.29) is 24.4 Å². The van der Waals surface area contributed by atoms with Crippen LogP contribution in [0, 0.1) is 13.8 Å². The van der Waals surface area contributed by atoms with Crippen molar-refractivity contribution in [2.75, 3.05) is 13.1 Å². The van der Waals surface area contributed by atoms with Crippen LogP contribution >= 0.6 is 11.3 Å². The predicted octanol–water partition coefficient (Wildman–Crippen LogP) is 5.75. The number of pyridine rings is 1. The number of aryl methyl sites for hydroxylation is 2. The maximum absolute atomic E-state index is 13.7. The molecule has 0 bridgehead atoms. The first-order chi connectivity index (χ1) is 21.7. The highest BCUT2D eigenvalue weighted by atomic mass is 32.1. The molecule has 0 unspecified atom stereocenters. The second kappa shape index (κ2) is 14.9. The second-order valence-electron chi connectivity index (χ2n) is 12.3. The van der Waals surface area contributed by atoms with Gasteiger partial charge in [-0.05, 0) is 79.5 Å². The summed E-state index contributed by atoms with van der Waals surface area (Å²) in [6.45, 7) is 9.62. The third-order valence-corrected chi connectivity index (χ3v) is 9.33. The Labute approximate surface area is 269 Å². The molecular formula is C36H43N5O3S. The highest BCUT2D eigenvalue weighted by Crippen LogP contribution is 2.35. The molecule has 236 valence electrons. The molecule has 4 aromatic rings. The van der Waals surface area contributed by atoms with E-state index in [9.17, 15) is 14.7 Å². The van der Waals surface area contributed by atoms with Gasteiger partial charge in [0.05, 0.1) is 18.2 Å². The topological polar surface area (TPSA) is 107 Å². The molecule has 0 spiro atoms. The van der Waals surface area contributed by atoms with E-state index < -0.39 is 12.1 Å². The largest absolute Gasteiger partial charge is 0.390 e. The Bertz CT molecular complexity index is 1610. The summed E-state index contributed by atoms with van der Waals surface area (Å²) in [5.41, 5.74) is 5.88. The van der Waals surface area contributed by atoms with Crippen molar-refractivity contribution in [3.8, 4) is 0 Å². The van der Waals surface area contributed by atoms with Gasteiger partial charge in [0.2, 0.25) is 0 Å². The molecule has 0 aliphatic carbocycles. The maximum atomic E-state index is 13.7. The number of rotatable bonds is 12. The summed E-state index contributed by atoms with van der Waals surface area (Å²) in [5.74, 6) is -0.0377. The van der Waals surface area contributed by atoms with Gasteiger partial charge in [0.1, 0.15) is 5.01 Å². The van der Waals surface area contributed by atoms with Crippen molar-refractivity contribution in [1.29, 1.82) is 0 Å². The molecule has 1 saturated heterocycles. The zero-order chi connectivity index (χ0) is 31.9. The monoisotopic (exact) mass is 625 g/mol. The number of carbonyl (C=O) groups excluding carboxylic acids is 2. The SMILES string of the molecule is Cc1cc(C(=O)N[C@@H](Cc2ccccc2)[C@@H](O)CNCc2cncc(C(C)C)c2)cc(C(=O)N2CCC[C@@H]2c2nc(C)cs2)c1. The molecule has 2 amide bonds. The number of aliphatic hydroxyl groups excluding tert-OH is 1. The Morgan fingerprint density at radius 1 is 1.04 bits per heavy atom. The first-order valence-corrected chi connectivity index (χ1v) is 16.6. The van der Waals surface area contributed by atoms with Gasteiger partial charge in [-0.3, -0.25) is 14.6 Å². The van der Waals surface area contributed by atoms with E-state index in [1.165, 1.54) is 5.56 Å². The number of benzene rings is 2. The lowest BCUT2D eigenvalue weighted by Crippen LogP contribution is -2.48. The number of aromatic nitrogens is 2. The zero-order valence-electron chi connectivity index (χ0n) is 26.5. The number of hydrogen-bond donors (Lipinski definition) is 3. The van der Waals surface area contributed by atoms with Gasteiger partial charge in [0, 0.05) is 54.2 Å². The van der Waals surface area contributed by atoms with Gasteiger partial charge in [-0.15, -0.1) is 11.3 Å². The number of nitrogens with one attached hydrogen (secondary N) is 2. The Morgan fingerprint density at radius 3 is 2.56 bits per heavy atom. The van der Waals surface area contributed by atoms with Crippen molar-refractivity contribution in [1.82, 2.24) is 25.5 Å². The molecule has 2 aromatic heterocycles. The van der Waals surface area contributed by atoms with Crippen molar-refractivity contribution in [2.45, 2.75) is 77.6 Å². The molecule has 45 heavy (non-hydrogen) atoms. The fourth-order valence-corrected chi connectivity index (χ4v) is 6.77. The third kappa shape index (κ3) is 8.42. The van der Waals surface area contributed by atoms with Crippen LogP contribution in [0.2, 0.25) is 0 Å². The third-order valence-electron chi connectivity index (χ3n) is 8.27. The van der Waals surface area contributed by atoms with Gasteiger partial charge in [-0.1, -0.05) is 50.2 Å². The van der Waals surface area contributed by atoms with E-state index >= 15 is 0 Å². The van der Waals surface area contributed by atoms with Crippen LogP contribution in [0.15, 0.2) is 72.4 Å². The van der Waals surface area contributed by atoms with Crippen LogP contribution in [0.3, 0.4) is 0 Å². The number of amides is 2. The summed E-state index contributed by atoms with van der Waals surface area (Å²) in [6.07, 6.45) is 5.11. The summed E-state index contributed by atoms with van der Waals surface area (Å²) < 4.78 is 0. The van der Waals surface area contributed by atoms with E-state index in [1.807, 2.05) is 72.9 Å². The van der Waals surface area contributed by atoms with Crippen molar-refractivity contribution in [2.24, 2.45) is 0 Å². The van der Waals surface area contributed by atoms with Gasteiger partial charge in [0.15, 0.2) is 0 Å². The first kappa shape index (κ1) is 32.5. The standard InChI is InChI=1S/C36H43N5O3S/c1-23(2)30-15-27(18-37-20-30)19-38-21-33(42)31(16-26-9-6-5-7-10-26)40-34(43)28-13-24(3)14-29(17-28)36(44)41-12-8-11-32(41)35-39-25(4)22-45-35/h5-7,9-10,13-15,17-18,20,22-23,31-33,38,42H,8,11-12,16,19,21H2,1-4H3,(H,40,43)/t31-,32+,33-/m0/s1. The Hall–Kier alpha value is -3.92. The van der Waals surface area contributed by atoms with Gasteiger partial charge in [-0.2, -0.15) is 0 Å². The molecule has 1 aliphatic heterocycles. The van der Waals surface area contributed by atoms with Crippen LogP contribution in [-0.2, 0) is 13.0 Å². The molecule has 3 atom stereocenters. The summed E-state index contributed by atoms with van der Waals surface area (Å²) in [4.78, 5) is 38.3. The average Bonchev–Trinajstić information content (AvgIpc) is 3.70. The molecule has 3 N–H and O–H groups in total. The molecular weight excluding hydrogens is 582 g/mol. The van der Waals surface area contributed by atoms with Crippen LogP contribution in [0.5, 0.6) is 0 Å². The lowest BCUT2D eigenvalue weighted by atomic mass is 9.99. The van der Waals surface area contributed by atoms with E-state index in [4.69, 9.17) is 0 Å². The van der Waals surface area contributed by atoms with E-state index in [0.29, 0.717) is 36.6 Å². The number of thiazole rings is 1. The van der Waals surface area contributed by atoms with Crippen molar-refractivity contribution >= 4 is 23.2 Å². The minimum Gasteiger partial charge on any atom is -0.390 e. The molecule has 0 radical (unpaired) electrons. The molecule has 8 nitrogen and oxygen atoms in total. The summed E-state index contributed by atoms with van der Waals surface area (Å²) in [5, 5.41) is 20.7. The van der Waals surface area contributed by atoms with Crippen LogP contribution in [0.1, 0.15) is 92.3 Å². The van der Waals surface area contributed by atoms with Crippen molar-refractivity contribution < 1.29 is 14.7 Å². The summed E-state index contributed by atoms with van der Waals surface area (Å²) in [6, 6.07) is 16.6. The predicted molar refractivity (Wildman–Crippen MR) is 178 cm³/mol. The first-order valence-electron chi connectivity index (χ1n) is 15.7. The minimum atomic E-state index is -0.853. The number of hydrogen-bond acceptors (Lipinski definition) is 7. The van der Waals surface area contributed by atoms with Crippen molar-refractivity contribution in [3.63, 3.8) is 0 Å². The van der Waals surface area contributed by atoms with Crippen molar-refractivity contribution in [3.05, 3.63) is 116 Å². The van der Waals surface area contributed by atoms with E-state index in [0.717, 1.165) is 40.2 Å². The van der Waals surface area contributed by atoms with E-state index in [2.05, 4.69) is 40.5 Å². The van der Waals surface area contributed by atoms with Gasteiger partial charge >= 0.3 is 0 Å². The van der Waals surface area contributed by atoms with Crippen LogP contribution < -0.4 is 10.6 Å². The number of nitrogens with zero attached hydrogens (tertiary/aromatic N) is 3. The summed E-state index contributed by atoms with van der Waals surface area (Å²) in [7, 11) is 0. The normalized spacial score (nSPS) is 16.1. The number of carbonyl (C=O) groups is 2. The molecule has 9 heteroatoms. The van der Waals surface area contributed by atoms with Crippen LogP contribution in [0.25, 0.3) is 0 Å². The molecule has 3 heterocycles. The molecule has 1 aliphatic rings. The highest BCUT2D eigenvalue weighted by Gasteiger charge is 2.33. The Morgan fingerprint density at radius 2 is 1.82 bits per heavy atom. The smallest absolute Gasteiger partial charge is 0.254 e. The lowest BCUT2D eigenvalue weighted by Gasteiger charge is -2.26. The molecule has 0 saturated carbocycles. The van der Waals surface area contributed by atoms with E-state index in [1.54, 1.807) is 23.5 Å². The molecule has 5 rings (SSSR count). The number of likely N-dealkylation sites (tertiary alicyclic amines) is 1. The second-order valence-corrected chi connectivity index (χ2v) is 13.2. The fraction of sp³-hybridized carbons (Fsp3) is 0.389. The summed E-state index contributed by atoms with van der Waals surface area (Å²) >= 11 is 1.59. The molecule has 2 aromatic carbocycles. The maximum Gasteiger partial charge on any atom is 0.254 e. The molecule has 1 fully saturated rings. The lowest BCUT2D eigenvalue weighted by molar-refractivity contribution is 0.0735. The van der Waals surface area contributed by atoms with Gasteiger partial charge in [-0.25, -0.2) is 4.98 Å². The quantitative estimate of drug-likeness (QED) is 0.185. The Balaban J connectivity index is 1.29. The van der Waals surface area contributed by atoms with Gasteiger partial charge < -0.3 is 20.6 Å². The van der Waals surface area contributed by atoms with Crippen LogP contribution in [-0.4, -0.2) is 57.0 Å².